The minimum Gasteiger partial charge on any atom is -0.377 e. The van der Waals surface area contributed by atoms with Crippen molar-refractivity contribution in [3.05, 3.63) is 41.2 Å². The summed E-state index contributed by atoms with van der Waals surface area (Å²) in [5, 5.41) is 22.8. The van der Waals surface area contributed by atoms with E-state index < -0.39 is 18.1 Å². The summed E-state index contributed by atoms with van der Waals surface area (Å²) in [7, 11) is 1.77. The molecule has 2 aliphatic heterocycles. The average molecular weight is 316 g/mol. The monoisotopic (exact) mass is 316 g/mol. The molecule has 2 heterocycles. The van der Waals surface area contributed by atoms with Crippen molar-refractivity contribution in [2.24, 2.45) is 0 Å². The van der Waals surface area contributed by atoms with Crippen LogP contribution in [-0.2, 0) is 0 Å². The second-order valence-corrected chi connectivity index (χ2v) is 6.11. The Bertz CT molecular complexity index is 632. The number of aliphatic hydroxyl groups excluding tert-OH is 2. The van der Waals surface area contributed by atoms with Gasteiger partial charge in [0.05, 0.1) is 12.1 Å². The molecule has 0 radical (unpaired) electrons. The van der Waals surface area contributed by atoms with E-state index in [9.17, 15) is 15.0 Å². The largest absolute Gasteiger partial charge is 0.377 e. The maximum absolute atomic E-state index is 12.5. The molecule has 0 saturated carbocycles. The summed E-state index contributed by atoms with van der Waals surface area (Å²) in [4.78, 5) is 19.3. The lowest BCUT2D eigenvalue weighted by molar-refractivity contribution is -0.0451. The normalized spacial score (nSPS) is 27.1. The van der Waals surface area contributed by atoms with Crippen molar-refractivity contribution in [2.45, 2.75) is 31.0 Å². The molecule has 1 aromatic carbocycles. The fourth-order valence-electron chi connectivity index (χ4n) is 3.43. The van der Waals surface area contributed by atoms with Gasteiger partial charge in [0.1, 0.15) is 6.23 Å². The SMILES string of the molecule is [C-]#[N+]c1ccc(C(=O)N2CCC3(CC2)C(O)NC(O)N3C)cc1. The molecule has 3 N–H and O–H groups in total. The number of hydrogen-bond acceptors (Lipinski definition) is 5. The quantitative estimate of drug-likeness (QED) is 0.651. The summed E-state index contributed by atoms with van der Waals surface area (Å²) >= 11 is 0. The Hall–Kier alpha value is -1.98. The summed E-state index contributed by atoms with van der Waals surface area (Å²) in [6, 6.07) is 6.62. The first-order valence-electron chi connectivity index (χ1n) is 7.60. The van der Waals surface area contributed by atoms with Crippen molar-refractivity contribution in [3.63, 3.8) is 0 Å². The number of hydrogen-bond donors (Lipinski definition) is 3. The summed E-state index contributed by atoms with van der Waals surface area (Å²) in [5.74, 6) is -0.0694. The summed E-state index contributed by atoms with van der Waals surface area (Å²) in [5.41, 5.74) is 0.534. The molecule has 7 heteroatoms. The van der Waals surface area contributed by atoms with Gasteiger partial charge in [0.2, 0.25) is 0 Å². The Morgan fingerprint density at radius 3 is 2.39 bits per heavy atom. The fourth-order valence-corrected chi connectivity index (χ4v) is 3.43. The number of rotatable bonds is 1. The number of aliphatic hydroxyl groups is 2. The second kappa shape index (κ2) is 5.91. The van der Waals surface area contributed by atoms with Gasteiger partial charge >= 0.3 is 0 Å². The van der Waals surface area contributed by atoms with Gasteiger partial charge in [-0.25, -0.2) is 4.85 Å². The molecule has 2 fully saturated rings. The number of likely N-dealkylation sites (N-methyl/N-ethyl adjacent to an activating group) is 1. The lowest BCUT2D eigenvalue weighted by Gasteiger charge is -2.44. The van der Waals surface area contributed by atoms with E-state index in [1.54, 1.807) is 41.1 Å². The molecule has 23 heavy (non-hydrogen) atoms. The maximum atomic E-state index is 12.5. The predicted octanol–water partition coefficient (Wildman–Crippen LogP) is 0.341. The van der Waals surface area contributed by atoms with Crippen LogP contribution in [0.25, 0.3) is 4.85 Å². The molecule has 2 aliphatic rings. The first kappa shape index (κ1) is 15.9. The van der Waals surface area contributed by atoms with Crippen LogP contribution in [0.4, 0.5) is 5.69 Å². The first-order valence-corrected chi connectivity index (χ1v) is 7.60. The average Bonchev–Trinajstić information content (AvgIpc) is 2.79. The topological polar surface area (TPSA) is 80.4 Å². The molecule has 2 unspecified atom stereocenters. The highest BCUT2D eigenvalue weighted by atomic mass is 16.3. The maximum Gasteiger partial charge on any atom is 0.253 e. The van der Waals surface area contributed by atoms with Gasteiger partial charge in [-0.1, -0.05) is 24.3 Å². The van der Waals surface area contributed by atoms with Crippen LogP contribution in [0.15, 0.2) is 24.3 Å². The van der Waals surface area contributed by atoms with E-state index in [0.29, 0.717) is 37.2 Å². The molecule has 3 rings (SSSR count). The zero-order chi connectivity index (χ0) is 16.6. The van der Waals surface area contributed by atoms with Gasteiger partial charge in [-0.3, -0.25) is 15.0 Å². The molecule has 0 bridgehead atoms. The molecular formula is C16H20N4O3. The van der Waals surface area contributed by atoms with Gasteiger partial charge in [-0.2, -0.15) is 0 Å². The van der Waals surface area contributed by atoms with Crippen LogP contribution < -0.4 is 5.32 Å². The number of piperidine rings is 1. The molecule has 7 nitrogen and oxygen atoms in total. The van der Waals surface area contributed by atoms with Crippen LogP contribution in [0.1, 0.15) is 23.2 Å². The van der Waals surface area contributed by atoms with E-state index in [2.05, 4.69) is 10.2 Å². The molecule has 1 amide bonds. The van der Waals surface area contributed by atoms with Crippen molar-refractivity contribution in [1.82, 2.24) is 15.1 Å². The second-order valence-electron chi connectivity index (χ2n) is 6.11. The van der Waals surface area contributed by atoms with Gasteiger partial charge in [-0.05, 0) is 19.9 Å². The predicted molar refractivity (Wildman–Crippen MR) is 83.5 cm³/mol. The van der Waals surface area contributed by atoms with Gasteiger partial charge in [0.15, 0.2) is 12.0 Å². The Morgan fingerprint density at radius 2 is 1.91 bits per heavy atom. The number of likely N-dealkylation sites (tertiary alicyclic amines) is 1. The van der Waals surface area contributed by atoms with Crippen molar-refractivity contribution < 1.29 is 15.0 Å². The number of nitrogens with zero attached hydrogens (tertiary/aromatic N) is 3. The third kappa shape index (κ3) is 2.60. The highest BCUT2D eigenvalue weighted by Gasteiger charge is 2.52. The van der Waals surface area contributed by atoms with E-state index in [1.807, 2.05) is 0 Å². The van der Waals surface area contributed by atoms with Crippen molar-refractivity contribution in [1.29, 1.82) is 0 Å². The van der Waals surface area contributed by atoms with Crippen LogP contribution in [0.3, 0.4) is 0 Å². The number of carbonyl (C=O) groups excluding carboxylic acids is 1. The van der Waals surface area contributed by atoms with Crippen molar-refractivity contribution in [2.75, 3.05) is 20.1 Å². The molecule has 122 valence electrons. The molecular weight excluding hydrogens is 296 g/mol. The molecule has 2 saturated heterocycles. The number of carbonyl (C=O) groups is 1. The Labute approximate surface area is 134 Å². The lowest BCUT2D eigenvalue weighted by atomic mass is 9.85. The minimum absolute atomic E-state index is 0.0694. The third-order valence-electron chi connectivity index (χ3n) is 5.05. The minimum atomic E-state index is -0.867. The van der Waals surface area contributed by atoms with Crippen LogP contribution in [0.2, 0.25) is 0 Å². The highest BCUT2D eigenvalue weighted by molar-refractivity contribution is 5.94. The van der Waals surface area contributed by atoms with E-state index >= 15 is 0 Å². The molecule has 2 atom stereocenters. The third-order valence-corrected chi connectivity index (χ3v) is 5.05. The van der Waals surface area contributed by atoms with Crippen LogP contribution in [-0.4, -0.2) is 64.2 Å². The summed E-state index contributed by atoms with van der Waals surface area (Å²) < 4.78 is 0. The lowest BCUT2D eigenvalue weighted by Crippen LogP contribution is -2.58. The molecule has 1 spiro atoms. The van der Waals surface area contributed by atoms with E-state index in [4.69, 9.17) is 6.57 Å². The molecule has 0 aromatic heterocycles. The van der Waals surface area contributed by atoms with E-state index in [1.165, 1.54) is 0 Å². The zero-order valence-corrected chi connectivity index (χ0v) is 12.9. The smallest absolute Gasteiger partial charge is 0.253 e. The van der Waals surface area contributed by atoms with Crippen molar-refractivity contribution >= 4 is 11.6 Å². The molecule has 1 aromatic rings. The Balaban J connectivity index is 1.69. The van der Waals surface area contributed by atoms with Gasteiger partial charge in [0.25, 0.3) is 5.91 Å². The Kier molecular flexibility index (Phi) is 4.08. The van der Waals surface area contributed by atoms with Crippen molar-refractivity contribution in [3.8, 4) is 0 Å². The van der Waals surface area contributed by atoms with Gasteiger partial charge < -0.3 is 15.1 Å². The van der Waals surface area contributed by atoms with Gasteiger partial charge in [-0.15, -0.1) is 0 Å². The Morgan fingerprint density at radius 1 is 1.30 bits per heavy atom. The number of benzene rings is 1. The van der Waals surface area contributed by atoms with Crippen LogP contribution in [0.5, 0.6) is 0 Å². The van der Waals surface area contributed by atoms with Gasteiger partial charge in [0, 0.05) is 18.7 Å². The van der Waals surface area contributed by atoms with Crippen LogP contribution >= 0.6 is 0 Å². The van der Waals surface area contributed by atoms with Crippen LogP contribution in [0, 0.1) is 6.57 Å². The fraction of sp³-hybridized carbons (Fsp3) is 0.500. The highest BCUT2D eigenvalue weighted by Crippen LogP contribution is 2.35. The number of nitrogens with one attached hydrogen (secondary N) is 1. The van der Waals surface area contributed by atoms with E-state index in [0.717, 1.165) is 0 Å². The first-order chi connectivity index (χ1) is 11.0. The molecule has 0 aliphatic carbocycles. The zero-order valence-electron chi connectivity index (χ0n) is 12.9. The van der Waals surface area contributed by atoms with E-state index in [-0.39, 0.29) is 5.91 Å². The standard InChI is InChI=1S/C16H20N4O3/c1-17-12-5-3-11(4-6-12)13(21)20-9-7-16(8-10-20)14(22)18-15(23)19(16)2/h3-6,14-15,18,22-23H,7-10H2,2H3. The number of amides is 1. The summed E-state index contributed by atoms with van der Waals surface area (Å²) in [6.07, 6.45) is -0.507. The summed E-state index contributed by atoms with van der Waals surface area (Å²) in [6.45, 7) is 7.96.